The van der Waals surface area contributed by atoms with Crippen molar-refractivity contribution in [1.29, 1.82) is 0 Å². The van der Waals surface area contributed by atoms with Crippen LogP contribution in [-0.2, 0) is 17.8 Å². The summed E-state index contributed by atoms with van der Waals surface area (Å²) < 4.78 is 13.3. The Morgan fingerprint density at radius 3 is 2.58 bits per heavy atom. The van der Waals surface area contributed by atoms with Gasteiger partial charge in [0.2, 0.25) is 5.91 Å². The first kappa shape index (κ1) is 21.1. The SMILES string of the molecule is COc1ccc(CC(=O)N2CCC(Cn3nnn(-c4cccs4)c3=O)CC2)cc1OC. The summed E-state index contributed by atoms with van der Waals surface area (Å²) in [5.41, 5.74) is 0.663. The van der Waals surface area contributed by atoms with Crippen LogP contribution in [0.1, 0.15) is 18.4 Å². The van der Waals surface area contributed by atoms with Crippen LogP contribution in [0.3, 0.4) is 0 Å². The van der Waals surface area contributed by atoms with Crippen LogP contribution in [-0.4, -0.2) is 57.9 Å². The molecule has 0 aliphatic carbocycles. The number of methoxy groups -OCH3 is 2. The molecule has 2 aromatic heterocycles. The molecule has 0 atom stereocenters. The molecular formula is C21H25N5O4S. The third-order valence-corrected chi connectivity index (χ3v) is 6.40. The molecule has 31 heavy (non-hydrogen) atoms. The molecule has 164 valence electrons. The number of aromatic nitrogens is 4. The van der Waals surface area contributed by atoms with E-state index in [1.807, 2.05) is 40.6 Å². The third kappa shape index (κ3) is 4.63. The Morgan fingerprint density at radius 2 is 1.90 bits per heavy atom. The van der Waals surface area contributed by atoms with Crippen LogP contribution in [0.4, 0.5) is 0 Å². The van der Waals surface area contributed by atoms with Crippen molar-refractivity contribution in [2.24, 2.45) is 5.92 Å². The maximum atomic E-state index is 12.7. The highest BCUT2D eigenvalue weighted by Crippen LogP contribution is 2.28. The normalized spacial score (nSPS) is 14.6. The highest BCUT2D eigenvalue weighted by Gasteiger charge is 2.24. The molecule has 0 radical (unpaired) electrons. The fourth-order valence-electron chi connectivity index (χ4n) is 3.80. The smallest absolute Gasteiger partial charge is 0.369 e. The van der Waals surface area contributed by atoms with E-state index in [0.29, 0.717) is 37.6 Å². The largest absolute Gasteiger partial charge is 0.493 e. The van der Waals surface area contributed by atoms with Gasteiger partial charge in [-0.05, 0) is 64.4 Å². The van der Waals surface area contributed by atoms with Gasteiger partial charge < -0.3 is 14.4 Å². The Labute approximate surface area is 183 Å². The van der Waals surface area contributed by atoms with Crippen LogP contribution in [0.5, 0.6) is 11.5 Å². The summed E-state index contributed by atoms with van der Waals surface area (Å²) in [5, 5.41) is 10.7. The minimum atomic E-state index is -0.227. The van der Waals surface area contributed by atoms with Crippen LogP contribution >= 0.6 is 11.3 Å². The second-order valence-corrected chi connectivity index (χ2v) is 8.42. The zero-order chi connectivity index (χ0) is 21.8. The lowest BCUT2D eigenvalue weighted by Gasteiger charge is -2.31. The number of amides is 1. The molecular weight excluding hydrogens is 418 g/mol. The zero-order valence-corrected chi connectivity index (χ0v) is 18.4. The number of ether oxygens (including phenoxy) is 2. The molecule has 3 heterocycles. The summed E-state index contributed by atoms with van der Waals surface area (Å²) in [6.45, 7) is 1.86. The van der Waals surface area contributed by atoms with Crippen molar-refractivity contribution >= 4 is 17.2 Å². The third-order valence-electron chi connectivity index (χ3n) is 5.56. The minimum Gasteiger partial charge on any atom is -0.493 e. The number of rotatable bonds is 7. The zero-order valence-electron chi connectivity index (χ0n) is 17.6. The molecule has 0 bridgehead atoms. The van der Waals surface area contributed by atoms with Gasteiger partial charge in [-0.3, -0.25) is 4.79 Å². The first-order valence-corrected chi connectivity index (χ1v) is 11.0. The first-order chi connectivity index (χ1) is 15.1. The summed E-state index contributed by atoms with van der Waals surface area (Å²) in [4.78, 5) is 27.2. The Bertz CT molecular complexity index is 1080. The molecule has 1 aliphatic heterocycles. The number of nitrogens with zero attached hydrogens (tertiary/aromatic N) is 5. The quantitative estimate of drug-likeness (QED) is 0.555. The average molecular weight is 444 g/mol. The van der Waals surface area contributed by atoms with Crippen molar-refractivity contribution in [3.63, 3.8) is 0 Å². The highest BCUT2D eigenvalue weighted by molar-refractivity contribution is 7.12. The molecule has 4 rings (SSSR count). The summed E-state index contributed by atoms with van der Waals surface area (Å²) in [7, 11) is 3.17. The van der Waals surface area contributed by atoms with Crippen molar-refractivity contribution in [2.45, 2.75) is 25.8 Å². The van der Waals surface area contributed by atoms with Gasteiger partial charge in [-0.2, -0.15) is 9.36 Å². The van der Waals surface area contributed by atoms with E-state index in [4.69, 9.17) is 9.47 Å². The summed E-state index contributed by atoms with van der Waals surface area (Å²) >= 11 is 1.45. The van der Waals surface area contributed by atoms with Gasteiger partial charge in [0.1, 0.15) is 5.00 Å². The lowest BCUT2D eigenvalue weighted by molar-refractivity contribution is -0.131. The molecule has 1 aromatic carbocycles. The second kappa shape index (κ2) is 9.34. The Balaban J connectivity index is 1.32. The van der Waals surface area contributed by atoms with E-state index < -0.39 is 0 Å². The molecule has 10 heteroatoms. The van der Waals surface area contributed by atoms with Gasteiger partial charge in [0.05, 0.1) is 27.2 Å². The van der Waals surface area contributed by atoms with Gasteiger partial charge in [-0.1, -0.05) is 6.07 Å². The van der Waals surface area contributed by atoms with Crippen LogP contribution in [0, 0.1) is 5.92 Å². The van der Waals surface area contributed by atoms with Crippen molar-refractivity contribution in [3.8, 4) is 16.5 Å². The van der Waals surface area contributed by atoms with Gasteiger partial charge in [0.25, 0.3) is 0 Å². The molecule has 3 aromatic rings. The Hall–Kier alpha value is -3.14. The number of likely N-dealkylation sites (tertiary alicyclic amines) is 1. The molecule has 1 amide bonds. The number of carbonyl (C=O) groups excluding carboxylic acids is 1. The van der Waals surface area contributed by atoms with Gasteiger partial charge in [-0.25, -0.2) is 4.79 Å². The summed E-state index contributed by atoms with van der Waals surface area (Å²) in [6, 6.07) is 9.25. The van der Waals surface area contributed by atoms with Crippen molar-refractivity contribution in [1.82, 2.24) is 24.7 Å². The predicted octanol–water partition coefficient (Wildman–Crippen LogP) is 1.99. The second-order valence-electron chi connectivity index (χ2n) is 7.50. The fourth-order valence-corrected chi connectivity index (χ4v) is 4.47. The van der Waals surface area contributed by atoms with Crippen LogP contribution in [0.25, 0.3) is 5.00 Å². The molecule has 0 unspecified atom stereocenters. The van der Waals surface area contributed by atoms with E-state index in [2.05, 4.69) is 10.4 Å². The van der Waals surface area contributed by atoms with Gasteiger partial charge in [0.15, 0.2) is 11.5 Å². The first-order valence-electron chi connectivity index (χ1n) is 10.1. The Morgan fingerprint density at radius 1 is 1.13 bits per heavy atom. The maximum absolute atomic E-state index is 12.7. The monoisotopic (exact) mass is 443 g/mol. The number of thiophene rings is 1. The number of hydrogen-bond acceptors (Lipinski definition) is 7. The molecule has 1 saturated heterocycles. The van der Waals surface area contributed by atoms with E-state index >= 15 is 0 Å². The van der Waals surface area contributed by atoms with E-state index in [-0.39, 0.29) is 17.5 Å². The van der Waals surface area contributed by atoms with Crippen LogP contribution < -0.4 is 15.2 Å². The number of carbonyl (C=O) groups is 1. The van der Waals surface area contributed by atoms with Crippen LogP contribution in [0.15, 0.2) is 40.5 Å². The average Bonchev–Trinajstić information content (AvgIpc) is 3.44. The summed E-state index contributed by atoms with van der Waals surface area (Å²) in [6.07, 6.45) is 1.98. The fraction of sp³-hybridized carbons (Fsp3) is 0.429. The van der Waals surface area contributed by atoms with Crippen molar-refractivity contribution in [2.75, 3.05) is 27.3 Å². The predicted molar refractivity (Wildman–Crippen MR) is 116 cm³/mol. The van der Waals surface area contributed by atoms with E-state index in [0.717, 1.165) is 23.4 Å². The van der Waals surface area contributed by atoms with E-state index in [1.165, 1.54) is 20.7 Å². The number of tetrazole rings is 1. The molecule has 0 spiro atoms. The van der Waals surface area contributed by atoms with Crippen molar-refractivity contribution < 1.29 is 14.3 Å². The minimum absolute atomic E-state index is 0.0893. The standard InChI is InChI=1S/C21H25N5O4S/c1-29-17-6-5-16(12-18(17)30-2)13-19(27)24-9-7-15(8-10-24)14-25-21(28)26(23-22-25)20-4-3-11-31-20/h3-6,11-12,15H,7-10,13-14H2,1-2H3. The highest BCUT2D eigenvalue weighted by atomic mass is 32.1. The lowest BCUT2D eigenvalue weighted by atomic mass is 9.96. The van der Waals surface area contributed by atoms with Crippen LogP contribution in [0.2, 0.25) is 0 Å². The maximum Gasteiger partial charge on any atom is 0.369 e. The van der Waals surface area contributed by atoms with E-state index in [1.54, 1.807) is 14.2 Å². The van der Waals surface area contributed by atoms with Gasteiger partial charge in [-0.15, -0.1) is 11.3 Å². The van der Waals surface area contributed by atoms with Crippen molar-refractivity contribution in [3.05, 3.63) is 51.8 Å². The number of benzene rings is 1. The molecule has 0 saturated carbocycles. The Kier molecular flexibility index (Phi) is 6.36. The molecule has 1 aliphatic rings. The lowest BCUT2D eigenvalue weighted by Crippen LogP contribution is -2.40. The molecule has 9 nitrogen and oxygen atoms in total. The topological polar surface area (TPSA) is 91.5 Å². The molecule has 0 N–H and O–H groups in total. The number of piperidine rings is 1. The van der Waals surface area contributed by atoms with Gasteiger partial charge in [0, 0.05) is 13.1 Å². The molecule has 1 fully saturated rings. The van der Waals surface area contributed by atoms with E-state index in [9.17, 15) is 9.59 Å². The van der Waals surface area contributed by atoms with Gasteiger partial charge >= 0.3 is 5.69 Å². The number of hydrogen-bond donors (Lipinski definition) is 0. The summed E-state index contributed by atoms with van der Waals surface area (Å²) in [5.74, 6) is 1.64.